The van der Waals surface area contributed by atoms with Gasteiger partial charge in [0.25, 0.3) is 0 Å². The Morgan fingerprint density at radius 1 is 1.39 bits per heavy atom. The normalized spacial score (nSPS) is 19.2. The monoisotopic (exact) mass is 245 g/mol. The molecule has 0 radical (unpaired) electrons. The van der Waals surface area contributed by atoms with Crippen LogP contribution in [0.5, 0.6) is 0 Å². The van der Waals surface area contributed by atoms with Crippen LogP contribution in [-0.2, 0) is 4.79 Å². The second-order valence-corrected chi connectivity index (χ2v) is 4.68. The Morgan fingerprint density at radius 2 is 2.17 bits per heavy atom. The van der Waals surface area contributed by atoms with Gasteiger partial charge in [0.2, 0.25) is 5.91 Å². The highest BCUT2D eigenvalue weighted by atomic mass is 19.1. The first-order chi connectivity index (χ1) is 8.70. The van der Waals surface area contributed by atoms with E-state index in [-0.39, 0.29) is 18.0 Å². The average molecular weight is 245 g/mol. The van der Waals surface area contributed by atoms with Gasteiger partial charge in [0, 0.05) is 6.04 Å². The van der Waals surface area contributed by atoms with Crippen LogP contribution in [0.3, 0.4) is 0 Å². The van der Waals surface area contributed by atoms with E-state index < -0.39 is 5.82 Å². The highest BCUT2D eigenvalue weighted by Gasteiger charge is 2.39. The van der Waals surface area contributed by atoms with Crippen molar-refractivity contribution in [2.75, 3.05) is 18.1 Å². The molecule has 2 aliphatic rings. The van der Waals surface area contributed by atoms with Gasteiger partial charge in [-0.15, -0.1) is 0 Å². The predicted octanol–water partition coefficient (Wildman–Crippen LogP) is 1.47. The lowest BCUT2D eigenvalue weighted by Gasteiger charge is -2.20. The van der Waals surface area contributed by atoms with Gasteiger partial charge in [-0.3, -0.25) is 4.79 Å². The van der Waals surface area contributed by atoms with E-state index in [0.717, 1.165) is 12.8 Å². The summed E-state index contributed by atoms with van der Waals surface area (Å²) in [4.78, 5) is 15.4. The molecule has 5 heteroatoms. The molecule has 1 aromatic carbocycles. The fourth-order valence-electron chi connectivity index (χ4n) is 2.32. The molecule has 0 aromatic heterocycles. The molecule has 1 saturated heterocycles. The SMILES string of the molecule is N#Cc1c(F)cccc1N1CC(=O)N(C2CC2)C1. The Labute approximate surface area is 104 Å². The number of hydrogen-bond donors (Lipinski definition) is 0. The minimum absolute atomic E-state index is 0.0166. The summed E-state index contributed by atoms with van der Waals surface area (Å²) in [6.45, 7) is 0.691. The van der Waals surface area contributed by atoms with Gasteiger partial charge in [0.05, 0.1) is 18.9 Å². The number of nitriles is 1. The Hall–Kier alpha value is -2.09. The summed E-state index contributed by atoms with van der Waals surface area (Å²) >= 11 is 0. The summed E-state index contributed by atoms with van der Waals surface area (Å²) in [5, 5.41) is 9.00. The first-order valence-electron chi connectivity index (χ1n) is 5.93. The largest absolute Gasteiger partial charge is 0.343 e. The van der Waals surface area contributed by atoms with E-state index in [1.165, 1.54) is 6.07 Å². The van der Waals surface area contributed by atoms with E-state index in [0.29, 0.717) is 18.4 Å². The number of benzene rings is 1. The number of hydrogen-bond acceptors (Lipinski definition) is 3. The highest BCUT2D eigenvalue weighted by Crippen LogP contribution is 2.32. The van der Waals surface area contributed by atoms with Crippen molar-refractivity contribution in [3.8, 4) is 6.07 Å². The summed E-state index contributed by atoms with van der Waals surface area (Å²) in [6.07, 6.45) is 2.10. The first-order valence-corrected chi connectivity index (χ1v) is 5.93. The van der Waals surface area contributed by atoms with Crippen molar-refractivity contribution in [3.63, 3.8) is 0 Å². The molecule has 0 bridgehead atoms. The standard InChI is InChI=1S/C13H12FN3O/c14-11-2-1-3-12(10(11)6-15)16-7-13(18)17(8-16)9-4-5-9/h1-3,9H,4-5,7-8H2. The molecule has 2 fully saturated rings. The molecule has 1 saturated carbocycles. The van der Waals surface area contributed by atoms with Crippen LogP contribution in [0.15, 0.2) is 18.2 Å². The zero-order valence-electron chi connectivity index (χ0n) is 9.77. The van der Waals surface area contributed by atoms with E-state index in [1.54, 1.807) is 17.0 Å². The van der Waals surface area contributed by atoms with Gasteiger partial charge in [-0.1, -0.05) is 6.07 Å². The Balaban J connectivity index is 1.90. The van der Waals surface area contributed by atoms with Crippen LogP contribution in [0.2, 0.25) is 0 Å². The Kier molecular flexibility index (Phi) is 2.44. The van der Waals surface area contributed by atoms with Crippen LogP contribution < -0.4 is 4.90 Å². The van der Waals surface area contributed by atoms with Crippen molar-refractivity contribution in [1.82, 2.24) is 4.90 Å². The topological polar surface area (TPSA) is 47.3 Å². The van der Waals surface area contributed by atoms with Gasteiger partial charge in [0.1, 0.15) is 17.4 Å². The summed E-state index contributed by atoms with van der Waals surface area (Å²) in [6, 6.07) is 6.73. The minimum Gasteiger partial charge on any atom is -0.343 e. The first kappa shape index (κ1) is 11.0. The predicted molar refractivity (Wildman–Crippen MR) is 63.2 cm³/mol. The maximum absolute atomic E-state index is 13.5. The smallest absolute Gasteiger partial charge is 0.243 e. The second kappa shape index (κ2) is 3.98. The van der Waals surface area contributed by atoms with Crippen LogP contribution >= 0.6 is 0 Å². The van der Waals surface area contributed by atoms with Crippen LogP contribution in [0.4, 0.5) is 10.1 Å². The molecule has 4 nitrogen and oxygen atoms in total. The van der Waals surface area contributed by atoms with Crippen LogP contribution in [-0.4, -0.2) is 30.1 Å². The maximum Gasteiger partial charge on any atom is 0.243 e. The van der Waals surface area contributed by atoms with E-state index in [2.05, 4.69) is 0 Å². The molecule has 0 atom stereocenters. The third kappa shape index (κ3) is 1.70. The molecule has 1 aliphatic heterocycles. The summed E-state index contributed by atoms with van der Waals surface area (Å²) in [5.74, 6) is -0.474. The van der Waals surface area contributed by atoms with Gasteiger partial charge in [-0.05, 0) is 25.0 Å². The van der Waals surface area contributed by atoms with Crippen molar-refractivity contribution in [3.05, 3.63) is 29.6 Å². The Bertz CT molecular complexity index is 548. The lowest BCUT2D eigenvalue weighted by atomic mass is 10.1. The van der Waals surface area contributed by atoms with Crippen molar-refractivity contribution in [1.29, 1.82) is 5.26 Å². The van der Waals surface area contributed by atoms with Crippen molar-refractivity contribution in [2.24, 2.45) is 0 Å². The molecule has 1 heterocycles. The zero-order valence-corrected chi connectivity index (χ0v) is 9.77. The number of rotatable bonds is 2. The van der Waals surface area contributed by atoms with Crippen LogP contribution in [0.25, 0.3) is 0 Å². The van der Waals surface area contributed by atoms with Gasteiger partial charge >= 0.3 is 0 Å². The number of amides is 1. The molecular weight excluding hydrogens is 233 g/mol. The lowest BCUT2D eigenvalue weighted by molar-refractivity contribution is -0.127. The fraction of sp³-hybridized carbons (Fsp3) is 0.385. The number of halogens is 1. The van der Waals surface area contributed by atoms with E-state index in [9.17, 15) is 9.18 Å². The van der Waals surface area contributed by atoms with Gasteiger partial charge in [0.15, 0.2) is 0 Å². The quantitative estimate of drug-likeness (QED) is 0.792. The van der Waals surface area contributed by atoms with Gasteiger partial charge in [-0.2, -0.15) is 5.26 Å². The molecule has 0 unspecified atom stereocenters. The molecular formula is C13H12FN3O. The summed E-state index contributed by atoms with van der Waals surface area (Å²) in [7, 11) is 0. The van der Waals surface area contributed by atoms with Gasteiger partial charge < -0.3 is 9.80 Å². The molecule has 3 rings (SSSR count). The zero-order chi connectivity index (χ0) is 12.7. The van der Waals surface area contributed by atoms with Crippen LogP contribution in [0, 0.1) is 17.1 Å². The third-order valence-corrected chi connectivity index (χ3v) is 3.40. The van der Waals surface area contributed by atoms with Crippen molar-refractivity contribution < 1.29 is 9.18 Å². The van der Waals surface area contributed by atoms with Crippen LogP contribution in [0.1, 0.15) is 18.4 Å². The van der Waals surface area contributed by atoms with Crippen molar-refractivity contribution >= 4 is 11.6 Å². The highest BCUT2D eigenvalue weighted by molar-refractivity contribution is 5.86. The van der Waals surface area contributed by atoms with Crippen molar-refractivity contribution in [2.45, 2.75) is 18.9 Å². The molecule has 18 heavy (non-hydrogen) atoms. The van der Waals surface area contributed by atoms with E-state index in [1.807, 2.05) is 11.0 Å². The Morgan fingerprint density at radius 3 is 2.83 bits per heavy atom. The maximum atomic E-state index is 13.5. The van der Waals surface area contributed by atoms with E-state index in [4.69, 9.17) is 5.26 Å². The average Bonchev–Trinajstić information content (AvgIpc) is 3.12. The summed E-state index contributed by atoms with van der Waals surface area (Å²) < 4.78 is 13.5. The minimum atomic E-state index is -0.535. The third-order valence-electron chi connectivity index (χ3n) is 3.40. The molecule has 0 spiro atoms. The molecule has 1 aliphatic carbocycles. The second-order valence-electron chi connectivity index (χ2n) is 4.68. The number of carbonyl (C=O) groups is 1. The summed E-state index contributed by atoms with van der Waals surface area (Å²) in [5.41, 5.74) is 0.525. The number of carbonyl (C=O) groups excluding carboxylic acids is 1. The molecule has 0 N–H and O–H groups in total. The number of nitrogens with zero attached hydrogens (tertiary/aromatic N) is 3. The fourth-order valence-corrected chi connectivity index (χ4v) is 2.32. The molecule has 1 amide bonds. The molecule has 1 aromatic rings. The lowest BCUT2D eigenvalue weighted by Crippen LogP contribution is -2.29. The molecule has 92 valence electrons. The number of anilines is 1. The van der Waals surface area contributed by atoms with Gasteiger partial charge in [-0.25, -0.2) is 4.39 Å². The van der Waals surface area contributed by atoms with E-state index >= 15 is 0 Å².